The summed E-state index contributed by atoms with van der Waals surface area (Å²) in [6.45, 7) is 3.89. The van der Waals surface area contributed by atoms with E-state index in [1.807, 2.05) is 24.1 Å². The van der Waals surface area contributed by atoms with Crippen LogP contribution in [0.3, 0.4) is 0 Å². The largest absolute Gasteiger partial charge is 0.349 e. The van der Waals surface area contributed by atoms with Crippen LogP contribution in [0.4, 0.5) is 14.5 Å². The summed E-state index contributed by atoms with van der Waals surface area (Å²) in [6, 6.07) is 7.47. The van der Waals surface area contributed by atoms with Gasteiger partial charge >= 0.3 is 0 Å². The Kier molecular flexibility index (Phi) is 5.63. The van der Waals surface area contributed by atoms with Crippen LogP contribution in [0.15, 0.2) is 29.4 Å². The minimum Gasteiger partial charge on any atom is -0.349 e. The molecule has 2 aliphatic heterocycles. The lowest BCUT2D eigenvalue weighted by atomic mass is 10.0. The lowest BCUT2D eigenvalue weighted by molar-refractivity contribution is 0.0696. The van der Waals surface area contributed by atoms with E-state index >= 15 is 0 Å². The molecule has 0 unspecified atom stereocenters. The van der Waals surface area contributed by atoms with Crippen LogP contribution in [-0.4, -0.2) is 55.2 Å². The van der Waals surface area contributed by atoms with E-state index < -0.39 is 6.43 Å². The molecular formula is C18H24F2N4O. The molecule has 1 amide bonds. The number of hydrogen-bond donors (Lipinski definition) is 1. The Morgan fingerprint density at radius 1 is 1.24 bits per heavy atom. The summed E-state index contributed by atoms with van der Waals surface area (Å²) >= 11 is 0. The second-order valence-electron chi connectivity index (χ2n) is 6.69. The number of alkyl halides is 2. The second kappa shape index (κ2) is 7.91. The molecule has 2 aliphatic rings. The number of anilines is 1. The number of hydrazone groups is 1. The Morgan fingerprint density at radius 3 is 2.48 bits per heavy atom. The van der Waals surface area contributed by atoms with Crippen molar-refractivity contribution in [2.45, 2.75) is 38.7 Å². The van der Waals surface area contributed by atoms with E-state index in [0.29, 0.717) is 31.5 Å². The molecule has 3 rings (SSSR count). The highest BCUT2D eigenvalue weighted by atomic mass is 19.3. The standard InChI is InChI=1S/C18H24F2N4O/c1-13-6-11-24(22-13)16-4-2-14(3-5-16)18(25)21-15-7-9-23(10-8-15)12-17(19)20/h2-5,15,17H,6-12H2,1H3,(H,21,25). The van der Waals surface area contributed by atoms with Crippen molar-refractivity contribution in [2.75, 3.05) is 31.2 Å². The molecular weight excluding hydrogens is 326 g/mol. The highest BCUT2D eigenvalue weighted by molar-refractivity contribution is 5.94. The summed E-state index contributed by atoms with van der Waals surface area (Å²) in [5.41, 5.74) is 2.70. The van der Waals surface area contributed by atoms with Gasteiger partial charge in [0.25, 0.3) is 12.3 Å². The number of carbonyl (C=O) groups excluding carboxylic acids is 1. The summed E-state index contributed by atoms with van der Waals surface area (Å²) in [5, 5.41) is 9.40. The summed E-state index contributed by atoms with van der Waals surface area (Å²) in [6.07, 6.45) is 0.0803. The Hall–Kier alpha value is -2.02. The molecule has 0 spiro atoms. The van der Waals surface area contributed by atoms with Crippen LogP contribution >= 0.6 is 0 Å². The number of rotatable bonds is 5. The van der Waals surface area contributed by atoms with Crippen molar-refractivity contribution < 1.29 is 13.6 Å². The van der Waals surface area contributed by atoms with Crippen molar-refractivity contribution in [3.05, 3.63) is 29.8 Å². The van der Waals surface area contributed by atoms with Gasteiger partial charge in [0.1, 0.15) is 0 Å². The van der Waals surface area contributed by atoms with Gasteiger partial charge < -0.3 is 5.32 Å². The molecule has 0 bridgehead atoms. The highest BCUT2D eigenvalue weighted by Gasteiger charge is 2.23. The van der Waals surface area contributed by atoms with Gasteiger partial charge in [-0.1, -0.05) is 0 Å². The van der Waals surface area contributed by atoms with Crippen molar-refractivity contribution in [1.29, 1.82) is 0 Å². The van der Waals surface area contributed by atoms with Gasteiger partial charge in [0.2, 0.25) is 0 Å². The normalized spacial score (nSPS) is 19.4. The molecule has 25 heavy (non-hydrogen) atoms. The topological polar surface area (TPSA) is 47.9 Å². The lowest BCUT2D eigenvalue weighted by Gasteiger charge is -2.32. The first-order valence-electron chi connectivity index (χ1n) is 8.74. The molecule has 1 fully saturated rings. The molecule has 0 radical (unpaired) electrons. The molecule has 5 nitrogen and oxygen atoms in total. The Labute approximate surface area is 146 Å². The number of hydrogen-bond acceptors (Lipinski definition) is 4. The molecule has 1 saturated heterocycles. The quantitative estimate of drug-likeness (QED) is 0.888. The maximum absolute atomic E-state index is 12.4. The van der Waals surface area contributed by atoms with Crippen LogP contribution in [-0.2, 0) is 0 Å². The molecule has 0 aliphatic carbocycles. The first-order chi connectivity index (χ1) is 12.0. The van der Waals surface area contributed by atoms with E-state index in [1.165, 1.54) is 0 Å². The molecule has 2 heterocycles. The van der Waals surface area contributed by atoms with Crippen LogP contribution in [0.5, 0.6) is 0 Å². The van der Waals surface area contributed by atoms with Gasteiger partial charge in [0.15, 0.2) is 0 Å². The molecule has 0 saturated carbocycles. The Morgan fingerprint density at radius 2 is 1.92 bits per heavy atom. The lowest BCUT2D eigenvalue weighted by Crippen LogP contribution is -2.45. The first kappa shape index (κ1) is 17.8. The Bertz CT molecular complexity index is 624. The second-order valence-corrected chi connectivity index (χ2v) is 6.69. The predicted molar refractivity (Wildman–Crippen MR) is 94.4 cm³/mol. The predicted octanol–water partition coefficient (Wildman–Crippen LogP) is 2.73. The van der Waals surface area contributed by atoms with E-state index in [0.717, 1.165) is 24.4 Å². The van der Waals surface area contributed by atoms with E-state index in [4.69, 9.17) is 0 Å². The molecule has 0 aromatic heterocycles. The van der Waals surface area contributed by atoms with Crippen LogP contribution < -0.4 is 10.3 Å². The molecule has 1 N–H and O–H groups in total. The maximum Gasteiger partial charge on any atom is 0.251 e. The number of carbonyl (C=O) groups is 1. The number of likely N-dealkylation sites (tertiary alicyclic amines) is 1. The van der Waals surface area contributed by atoms with Gasteiger partial charge in [-0.25, -0.2) is 8.78 Å². The van der Waals surface area contributed by atoms with Crippen molar-refractivity contribution in [3.63, 3.8) is 0 Å². The molecule has 136 valence electrons. The number of amides is 1. The summed E-state index contributed by atoms with van der Waals surface area (Å²) < 4.78 is 24.8. The van der Waals surface area contributed by atoms with Gasteiger partial charge in [0.05, 0.1) is 12.2 Å². The zero-order chi connectivity index (χ0) is 17.8. The number of benzene rings is 1. The van der Waals surface area contributed by atoms with Gasteiger partial charge in [-0.15, -0.1) is 0 Å². The summed E-state index contributed by atoms with van der Waals surface area (Å²) in [4.78, 5) is 14.1. The van der Waals surface area contributed by atoms with Crippen molar-refractivity contribution >= 4 is 17.3 Å². The zero-order valence-electron chi connectivity index (χ0n) is 14.4. The monoisotopic (exact) mass is 350 g/mol. The molecule has 0 atom stereocenters. The van der Waals surface area contributed by atoms with Crippen LogP contribution in [0.25, 0.3) is 0 Å². The summed E-state index contributed by atoms with van der Waals surface area (Å²) in [7, 11) is 0. The van der Waals surface area contributed by atoms with Crippen LogP contribution in [0, 0.1) is 0 Å². The SMILES string of the molecule is CC1=NN(c2ccc(C(=O)NC3CCN(CC(F)F)CC3)cc2)CC1. The van der Waals surface area contributed by atoms with Gasteiger partial charge in [0, 0.05) is 43.4 Å². The van der Waals surface area contributed by atoms with Crippen LogP contribution in [0.2, 0.25) is 0 Å². The van der Waals surface area contributed by atoms with Crippen LogP contribution in [0.1, 0.15) is 36.5 Å². The van der Waals surface area contributed by atoms with Gasteiger partial charge in [-0.3, -0.25) is 14.7 Å². The maximum atomic E-state index is 12.4. The fourth-order valence-electron chi connectivity index (χ4n) is 3.27. The van der Waals surface area contributed by atoms with E-state index in [1.54, 1.807) is 17.0 Å². The summed E-state index contributed by atoms with van der Waals surface area (Å²) in [5.74, 6) is -0.111. The third-order valence-corrected chi connectivity index (χ3v) is 4.72. The van der Waals surface area contributed by atoms with Gasteiger partial charge in [-0.2, -0.15) is 5.10 Å². The highest BCUT2D eigenvalue weighted by Crippen LogP contribution is 2.20. The Balaban J connectivity index is 1.50. The fraction of sp³-hybridized carbons (Fsp3) is 0.556. The third-order valence-electron chi connectivity index (χ3n) is 4.72. The van der Waals surface area contributed by atoms with E-state index in [2.05, 4.69) is 10.4 Å². The number of halogens is 2. The molecule has 7 heteroatoms. The number of nitrogens with zero attached hydrogens (tertiary/aromatic N) is 3. The minimum absolute atomic E-state index is 0.0481. The van der Waals surface area contributed by atoms with E-state index in [-0.39, 0.29) is 18.5 Å². The van der Waals surface area contributed by atoms with Crippen molar-refractivity contribution in [2.24, 2.45) is 5.10 Å². The number of piperidine rings is 1. The third kappa shape index (κ3) is 4.75. The van der Waals surface area contributed by atoms with Crippen molar-refractivity contribution in [3.8, 4) is 0 Å². The van der Waals surface area contributed by atoms with Gasteiger partial charge in [-0.05, 0) is 44.0 Å². The van der Waals surface area contributed by atoms with E-state index in [9.17, 15) is 13.6 Å². The molecule has 1 aromatic rings. The minimum atomic E-state index is -2.30. The number of nitrogens with one attached hydrogen (secondary N) is 1. The first-order valence-corrected chi connectivity index (χ1v) is 8.74. The average molecular weight is 350 g/mol. The van der Waals surface area contributed by atoms with Crippen molar-refractivity contribution in [1.82, 2.24) is 10.2 Å². The smallest absolute Gasteiger partial charge is 0.251 e. The zero-order valence-corrected chi connectivity index (χ0v) is 14.4. The average Bonchev–Trinajstić information content (AvgIpc) is 3.03. The fourth-order valence-corrected chi connectivity index (χ4v) is 3.27. The molecule has 1 aromatic carbocycles.